The van der Waals surface area contributed by atoms with E-state index in [0.717, 1.165) is 16.5 Å². The third-order valence-electron chi connectivity index (χ3n) is 2.97. The molecule has 0 fully saturated rings. The van der Waals surface area contributed by atoms with E-state index in [1.54, 1.807) is 6.20 Å². The van der Waals surface area contributed by atoms with Crippen LogP contribution in [0.1, 0.15) is 26.3 Å². The second-order valence-electron chi connectivity index (χ2n) is 5.87. The lowest BCUT2D eigenvalue weighted by Gasteiger charge is -2.20. The molecule has 106 valence electrons. The molecule has 0 radical (unpaired) electrons. The van der Waals surface area contributed by atoms with Crippen LogP contribution in [0.4, 0.5) is 0 Å². The SMILES string of the molecule is CC(C)(C)NCC(=O)NCc1cccc2cccnc12. The van der Waals surface area contributed by atoms with Gasteiger partial charge in [-0.05, 0) is 32.4 Å². The minimum Gasteiger partial charge on any atom is -0.351 e. The molecule has 0 bridgehead atoms. The van der Waals surface area contributed by atoms with Crippen LogP contribution in [0.5, 0.6) is 0 Å². The molecule has 1 aromatic heterocycles. The van der Waals surface area contributed by atoms with E-state index in [1.807, 2.05) is 51.1 Å². The standard InChI is InChI=1S/C16H21N3O/c1-16(2,3)19-11-14(20)18-10-13-7-4-6-12-8-5-9-17-15(12)13/h4-9,19H,10-11H2,1-3H3,(H,18,20). The predicted octanol–water partition coefficient (Wildman–Crippen LogP) is 2.24. The van der Waals surface area contributed by atoms with Crippen LogP contribution >= 0.6 is 0 Å². The van der Waals surface area contributed by atoms with E-state index in [2.05, 4.69) is 15.6 Å². The van der Waals surface area contributed by atoms with Crippen LogP contribution in [0.2, 0.25) is 0 Å². The Kier molecular flexibility index (Phi) is 4.35. The molecule has 0 saturated carbocycles. The third kappa shape index (κ3) is 4.03. The van der Waals surface area contributed by atoms with Gasteiger partial charge in [0, 0.05) is 23.7 Å². The van der Waals surface area contributed by atoms with Crippen molar-refractivity contribution in [2.24, 2.45) is 0 Å². The zero-order valence-corrected chi connectivity index (χ0v) is 12.2. The fourth-order valence-electron chi connectivity index (χ4n) is 1.91. The highest BCUT2D eigenvalue weighted by molar-refractivity contribution is 5.83. The first-order valence-electron chi connectivity index (χ1n) is 6.80. The number of nitrogens with one attached hydrogen (secondary N) is 2. The van der Waals surface area contributed by atoms with Gasteiger partial charge >= 0.3 is 0 Å². The van der Waals surface area contributed by atoms with Crippen molar-refractivity contribution >= 4 is 16.8 Å². The van der Waals surface area contributed by atoms with E-state index in [0.29, 0.717) is 13.1 Å². The number of para-hydroxylation sites is 1. The van der Waals surface area contributed by atoms with E-state index < -0.39 is 0 Å². The number of carbonyl (C=O) groups is 1. The largest absolute Gasteiger partial charge is 0.351 e. The van der Waals surface area contributed by atoms with Gasteiger partial charge in [0.25, 0.3) is 0 Å². The molecule has 4 nitrogen and oxygen atoms in total. The number of carbonyl (C=O) groups excluding carboxylic acids is 1. The normalized spacial score (nSPS) is 11.6. The van der Waals surface area contributed by atoms with Gasteiger partial charge in [-0.15, -0.1) is 0 Å². The van der Waals surface area contributed by atoms with Gasteiger partial charge < -0.3 is 10.6 Å². The van der Waals surface area contributed by atoms with Crippen LogP contribution in [-0.2, 0) is 11.3 Å². The zero-order valence-electron chi connectivity index (χ0n) is 12.2. The Bertz CT molecular complexity index is 597. The maximum atomic E-state index is 11.8. The molecule has 0 saturated heterocycles. The Labute approximate surface area is 119 Å². The lowest BCUT2D eigenvalue weighted by Crippen LogP contribution is -2.43. The highest BCUT2D eigenvalue weighted by Crippen LogP contribution is 2.15. The zero-order chi connectivity index (χ0) is 14.6. The number of amides is 1. The summed E-state index contributed by atoms with van der Waals surface area (Å²) >= 11 is 0. The van der Waals surface area contributed by atoms with E-state index in [9.17, 15) is 4.79 Å². The maximum Gasteiger partial charge on any atom is 0.234 e. The molecular formula is C16H21N3O. The van der Waals surface area contributed by atoms with Gasteiger partial charge in [0.05, 0.1) is 12.1 Å². The average molecular weight is 271 g/mol. The highest BCUT2D eigenvalue weighted by Gasteiger charge is 2.11. The van der Waals surface area contributed by atoms with Crippen molar-refractivity contribution < 1.29 is 4.79 Å². The van der Waals surface area contributed by atoms with Crippen molar-refractivity contribution in [3.05, 3.63) is 42.1 Å². The second-order valence-corrected chi connectivity index (χ2v) is 5.87. The molecule has 0 spiro atoms. The topological polar surface area (TPSA) is 54.0 Å². The van der Waals surface area contributed by atoms with Crippen LogP contribution in [0, 0.1) is 0 Å². The predicted molar refractivity (Wildman–Crippen MR) is 81.3 cm³/mol. The van der Waals surface area contributed by atoms with Crippen molar-refractivity contribution in [1.29, 1.82) is 0 Å². The number of nitrogens with zero attached hydrogens (tertiary/aromatic N) is 1. The number of aromatic nitrogens is 1. The quantitative estimate of drug-likeness (QED) is 0.896. The number of fused-ring (bicyclic) bond motifs is 1. The van der Waals surface area contributed by atoms with Crippen LogP contribution in [0.3, 0.4) is 0 Å². The van der Waals surface area contributed by atoms with E-state index >= 15 is 0 Å². The lowest BCUT2D eigenvalue weighted by atomic mass is 10.1. The van der Waals surface area contributed by atoms with Crippen molar-refractivity contribution in [3.8, 4) is 0 Å². The molecule has 2 rings (SSSR count). The van der Waals surface area contributed by atoms with Gasteiger partial charge in [0.1, 0.15) is 0 Å². The van der Waals surface area contributed by atoms with Gasteiger partial charge in [-0.1, -0.05) is 24.3 Å². The van der Waals surface area contributed by atoms with Crippen molar-refractivity contribution in [1.82, 2.24) is 15.6 Å². The molecule has 1 aromatic carbocycles. The van der Waals surface area contributed by atoms with Gasteiger partial charge in [0.15, 0.2) is 0 Å². The maximum absolute atomic E-state index is 11.8. The highest BCUT2D eigenvalue weighted by atomic mass is 16.1. The molecule has 4 heteroatoms. The second kappa shape index (κ2) is 6.01. The first kappa shape index (κ1) is 14.5. The number of benzene rings is 1. The molecule has 0 aliphatic heterocycles. The fourth-order valence-corrected chi connectivity index (χ4v) is 1.91. The molecule has 0 unspecified atom stereocenters. The molecule has 1 amide bonds. The van der Waals surface area contributed by atoms with E-state index in [1.165, 1.54) is 0 Å². The van der Waals surface area contributed by atoms with Gasteiger partial charge in [-0.25, -0.2) is 0 Å². The fraction of sp³-hybridized carbons (Fsp3) is 0.375. The summed E-state index contributed by atoms with van der Waals surface area (Å²) in [7, 11) is 0. The summed E-state index contributed by atoms with van der Waals surface area (Å²) < 4.78 is 0. The van der Waals surface area contributed by atoms with Crippen LogP contribution in [0.25, 0.3) is 10.9 Å². The molecular weight excluding hydrogens is 250 g/mol. The lowest BCUT2D eigenvalue weighted by molar-refractivity contribution is -0.120. The van der Waals surface area contributed by atoms with Gasteiger partial charge in [0.2, 0.25) is 5.91 Å². The first-order valence-corrected chi connectivity index (χ1v) is 6.80. The molecule has 20 heavy (non-hydrogen) atoms. The molecule has 1 heterocycles. The molecule has 0 aliphatic carbocycles. The van der Waals surface area contributed by atoms with Crippen molar-refractivity contribution in [2.75, 3.05) is 6.54 Å². The van der Waals surface area contributed by atoms with E-state index in [4.69, 9.17) is 0 Å². The number of hydrogen-bond donors (Lipinski definition) is 2. The van der Waals surface area contributed by atoms with Gasteiger partial charge in [-0.3, -0.25) is 9.78 Å². The Morgan fingerprint density at radius 3 is 2.70 bits per heavy atom. The Hall–Kier alpha value is -1.94. The molecule has 2 aromatic rings. The van der Waals surface area contributed by atoms with Crippen LogP contribution in [0.15, 0.2) is 36.5 Å². The third-order valence-corrected chi connectivity index (χ3v) is 2.97. The smallest absolute Gasteiger partial charge is 0.234 e. The number of rotatable bonds is 4. The van der Waals surface area contributed by atoms with Crippen molar-refractivity contribution in [3.63, 3.8) is 0 Å². The molecule has 0 aliphatic rings. The minimum absolute atomic E-state index is 0.00661. The number of hydrogen-bond acceptors (Lipinski definition) is 3. The number of pyridine rings is 1. The van der Waals surface area contributed by atoms with E-state index in [-0.39, 0.29) is 11.4 Å². The summed E-state index contributed by atoms with van der Waals surface area (Å²) in [5.41, 5.74) is 1.92. The first-order chi connectivity index (χ1) is 9.46. The summed E-state index contributed by atoms with van der Waals surface area (Å²) in [6, 6.07) is 9.94. The molecule has 0 atom stereocenters. The van der Waals surface area contributed by atoms with Gasteiger partial charge in [-0.2, -0.15) is 0 Å². The summed E-state index contributed by atoms with van der Waals surface area (Å²) in [6.45, 7) is 6.93. The summed E-state index contributed by atoms with van der Waals surface area (Å²) in [6.07, 6.45) is 1.77. The van der Waals surface area contributed by atoms with Crippen molar-refractivity contribution in [2.45, 2.75) is 32.9 Å². The van der Waals surface area contributed by atoms with Crippen LogP contribution < -0.4 is 10.6 Å². The van der Waals surface area contributed by atoms with Crippen LogP contribution in [-0.4, -0.2) is 23.0 Å². The summed E-state index contributed by atoms with van der Waals surface area (Å²) in [5, 5.41) is 7.18. The molecule has 2 N–H and O–H groups in total. The average Bonchev–Trinajstić information content (AvgIpc) is 2.42. The summed E-state index contributed by atoms with van der Waals surface area (Å²) in [4.78, 5) is 16.2. The Balaban J connectivity index is 1.98. The Morgan fingerprint density at radius 2 is 1.95 bits per heavy atom. The Morgan fingerprint density at radius 1 is 1.20 bits per heavy atom. The summed E-state index contributed by atoms with van der Waals surface area (Å²) in [5.74, 6) is -0.00661. The monoisotopic (exact) mass is 271 g/mol. The minimum atomic E-state index is -0.0572.